The van der Waals surface area contributed by atoms with Crippen molar-refractivity contribution in [1.29, 1.82) is 0 Å². The molecule has 2 aromatic carbocycles. The highest BCUT2D eigenvalue weighted by molar-refractivity contribution is 6.31. The summed E-state index contributed by atoms with van der Waals surface area (Å²) in [7, 11) is 0. The number of nitrogens with one attached hydrogen (secondary N) is 1. The standard InChI is InChI=1S/C22H22Cl2N2O2/c1-14(28-19-5-2-17(23)3-6-19)22(27)26-10-8-15(9-11-26)21-13-16-12-18(24)4-7-20(16)25-21/h2-7,12-15,25H,8-11H2,1H3. The molecule has 0 saturated carbocycles. The maximum absolute atomic E-state index is 12.7. The predicted molar refractivity (Wildman–Crippen MR) is 113 cm³/mol. The van der Waals surface area contributed by atoms with Gasteiger partial charge in [0.25, 0.3) is 5.91 Å². The summed E-state index contributed by atoms with van der Waals surface area (Å²) in [6.45, 7) is 3.26. The Morgan fingerprint density at radius 1 is 1.07 bits per heavy atom. The van der Waals surface area contributed by atoms with Gasteiger partial charge < -0.3 is 14.6 Å². The van der Waals surface area contributed by atoms with Crippen LogP contribution < -0.4 is 4.74 Å². The lowest BCUT2D eigenvalue weighted by molar-refractivity contribution is -0.139. The van der Waals surface area contributed by atoms with Gasteiger partial charge in [-0.2, -0.15) is 0 Å². The van der Waals surface area contributed by atoms with Crippen molar-refractivity contribution in [3.63, 3.8) is 0 Å². The van der Waals surface area contributed by atoms with Gasteiger partial charge in [0.05, 0.1) is 0 Å². The first-order valence-corrected chi connectivity index (χ1v) is 10.2. The fourth-order valence-electron chi connectivity index (χ4n) is 3.78. The Bertz CT molecular complexity index is 976. The zero-order valence-electron chi connectivity index (χ0n) is 15.6. The van der Waals surface area contributed by atoms with Crippen molar-refractivity contribution >= 4 is 40.0 Å². The van der Waals surface area contributed by atoms with Crippen molar-refractivity contribution in [2.24, 2.45) is 0 Å². The SMILES string of the molecule is CC(Oc1ccc(Cl)cc1)C(=O)N1CCC(c2cc3cc(Cl)ccc3[nH]2)CC1. The number of likely N-dealkylation sites (tertiary alicyclic amines) is 1. The van der Waals surface area contributed by atoms with Crippen LogP contribution >= 0.6 is 23.2 Å². The van der Waals surface area contributed by atoms with Gasteiger partial charge in [-0.05, 0) is 68.3 Å². The van der Waals surface area contributed by atoms with Crippen molar-refractivity contribution < 1.29 is 9.53 Å². The number of hydrogen-bond acceptors (Lipinski definition) is 2. The molecule has 1 amide bonds. The summed E-state index contributed by atoms with van der Waals surface area (Å²) in [5.74, 6) is 1.09. The number of carbonyl (C=O) groups excluding carboxylic acids is 1. The first kappa shape index (κ1) is 19.2. The number of benzene rings is 2. The zero-order valence-corrected chi connectivity index (χ0v) is 17.1. The normalized spacial score (nSPS) is 16.3. The van der Waals surface area contributed by atoms with E-state index in [2.05, 4.69) is 11.1 Å². The maximum atomic E-state index is 12.7. The molecule has 2 heterocycles. The largest absolute Gasteiger partial charge is 0.481 e. The fourth-order valence-corrected chi connectivity index (χ4v) is 4.09. The molecule has 0 spiro atoms. The molecule has 0 radical (unpaired) electrons. The van der Waals surface area contributed by atoms with Crippen LogP contribution in [0.25, 0.3) is 10.9 Å². The summed E-state index contributed by atoms with van der Waals surface area (Å²) in [5.41, 5.74) is 2.32. The van der Waals surface area contributed by atoms with Gasteiger partial charge in [-0.3, -0.25) is 4.79 Å². The maximum Gasteiger partial charge on any atom is 0.263 e. The number of H-pyrrole nitrogens is 1. The molecule has 0 bridgehead atoms. The average molecular weight is 417 g/mol. The number of carbonyl (C=O) groups is 1. The summed E-state index contributed by atoms with van der Waals surface area (Å²) in [6.07, 6.45) is 1.34. The van der Waals surface area contributed by atoms with E-state index in [4.69, 9.17) is 27.9 Å². The second-order valence-electron chi connectivity index (χ2n) is 7.27. The predicted octanol–water partition coefficient (Wildman–Crippen LogP) is 5.65. The molecule has 1 atom stereocenters. The van der Waals surface area contributed by atoms with E-state index in [1.54, 1.807) is 31.2 Å². The van der Waals surface area contributed by atoms with Crippen LogP contribution in [0.15, 0.2) is 48.5 Å². The van der Waals surface area contributed by atoms with E-state index in [1.165, 1.54) is 5.69 Å². The number of piperidine rings is 1. The number of fused-ring (bicyclic) bond motifs is 1. The number of ether oxygens (including phenoxy) is 1. The topological polar surface area (TPSA) is 45.3 Å². The van der Waals surface area contributed by atoms with Crippen molar-refractivity contribution in [1.82, 2.24) is 9.88 Å². The summed E-state index contributed by atoms with van der Waals surface area (Å²) in [6, 6.07) is 15.1. The molecule has 1 aromatic heterocycles. The molecule has 4 nitrogen and oxygen atoms in total. The van der Waals surface area contributed by atoms with E-state index in [0.717, 1.165) is 41.9 Å². The lowest BCUT2D eigenvalue weighted by Gasteiger charge is -2.33. The minimum Gasteiger partial charge on any atom is -0.481 e. The number of nitrogens with zero attached hydrogens (tertiary/aromatic N) is 1. The van der Waals surface area contributed by atoms with Crippen molar-refractivity contribution in [3.8, 4) is 5.75 Å². The van der Waals surface area contributed by atoms with E-state index in [0.29, 0.717) is 16.7 Å². The third-order valence-corrected chi connectivity index (χ3v) is 5.81. The van der Waals surface area contributed by atoms with Crippen LogP contribution in [0.4, 0.5) is 0 Å². The average Bonchev–Trinajstić information content (AvgIpc) is 3.12. The molecule has 1 N–H and O–H groups in total. The molecule has 1 fully saturated rings. The first-order chi connectivity index (χ1) is 13.5. The molecule has 1 unspecified atom stereocenters. The van der Waals surface area contributed by atoms with Gasteiger partial charge in [-0.25, -0.2) is 0 Å². The van der Waals surface area contributed by atoms with Gasteiger partial charge >= 0.3 is 0 Å². The van der Waals surface area contributed by atoms with E-state index in [-0.39, 0.29) is 5.91 Å². The number of amides is 1. The monoisotopic (exact) mass is 416 g/mol. The Hall–Kier alpha value is -2.17. The number of aromatic amines is 1. The zero-order chi connectivity index (χ0) is 19.7. The molecular weight excluding hydrogens is 395 g/mol. The summed E-state index contributed by atoms with van der Waals surface area (Å²) in [4.78, 5) is 18.1. The summed E-state index contributed by atoms with van der Waals surface area (Å²) < 4.78 is 5.78. The number of halogens is 2. The highest BCUT2D eigenvalue weighted by Gasteiger charge is 2.28. The molecule has 0 aliphatic carbocycles. The highest BCUT2D eigenvalue weighted by atomic mass is 35.5. The van der Waals surface area contributed by atoms with Gasteiger partial charge in [0.2, 0.25) is 0 Å². The molecule has 1 saturated heterocycles. The highest BCUT2D eigenvalue weighted by Crippen LogP contribution is 2.31. The minimum atomic E-state index is -0.520. The number of hydrogen-bond donors (Lipinski definition) is 1. The third kappa shape index (κ3) is 4.13. The Balaban J connectivity index is 1.36. The molecule has 3 aromatic rings. The van der Waals surface area contributed by atoms with Crippen molar-refractivity contribution in [2.75, 3.05) is 13.1 Å². The van der Waals surface area contributed by atoms with Crippen LogP contribution in [0.3, 0.4) is 0 Å². The van der Waals surface area contributed by atoms with Gasteiger partial charge in [-0.15, -0.1) is 0 Å². The molecule has 4 rings (SSSR count). The Morgan fingerprint density at radius 3 is 2.46 bits per heavy atom. The van der Waals surface area contributed by atoms with Crippen molar-refractivity contribution in [2.45, 2.75) is 31.8 Å². The second-order valence-corrected chi connectivity index (χ2v) is 8.14. The van der Waals surface area contributed by atoms with Crippen molar-refractivity contribution in [3.05, 3.63) is 64.3 Å². The van der Waals surface area contributed by atoms with Crippen LogP contribution in [-0.4, -0.2) is 35.0 Å². The molecule has 146 valence electrons. The van der Waals surface area contributed by atoms with Gasteiger partial charge in [0.15, 0.2) is 6.10 Å². The van der Waals surface area contributed by atoms with Crippen LogP contribution in [0.2, 0.25) is 10.0 Å². The van der Waals surface area contributed by atoms with E-state index in [9.17, 15) is 4.79 Å². The third-order valence-electron chi connectivity index (χ3n) is 5.32. The lowest BCUT2D eigenvalue weighted by atomic mass is 9.93. The van der Waals surface area contributed by atoms with E-state index >= 15 is 0 Å². The van der Waals surface area contributed by atoms with Gasteiger partial charge in [0.1, 0.15) is 5.75 Å². The van der Waals surface area contributed by atoms with E-state index in [1.807, 2.05) is 23.1 Å². The molecule has 1 aliphatic heterocycles. The van der Waals surface area contributed by atoms with Crippen LogP contribution in [0.1, 0.15) is 31.4 Å². The van der Waals surface area contributed by atoms with Gasteiger partial charge in [-0.1, -0.05) is 23.2 Å². The molecular formula is C22H22Cl2N2O2. The second kappa shape index (κ2) is 8.06. The van der Waals surface area contributed by atoms with Crippen LogP contribution in [0.5, 0.6) is 5.75 Å². The Kier molecular flexibility index (Phi) is 5.51. The molecule has 1 aliphatic rings. The lowest BCUT2D eigenvalue weighted by Crippen LogP contribution is -2.44. The number of aromatic nitrogens is 1. The van der Waals surface area contributed by atoms with Gasteiger partial charge in [0, 0.05) is 45.6 Å². The summed E-state index contributed by atoms with van der Waals surface area (Å²) >= 11 is 12.0. The quantitative estimate of drug-likeness (QED) is 0.597. The summed E-state index contributed by atoms with van der Waals surface area (Å²) in [5, 5.41) is 2.52. The molecule has 28 heavy (non-hydrogen) atoms. The smallest absolute Gasteiger partial charge is 0.263 e. The fraction of sp³-hybridized carbons (Fsp3) is 0.318. The Morgan fingerprint density at radius 2 is 1.75 bits per heavy atom. The van der Waals surface area contributed by atoms with E-state index < -0.39 is 6.10 Å². The van der Waals surface area contributed by atoms with Crippen LogP contribution in [0, 0.1) is 0 Å². The Labute approximate surface area is 174 Å². The number of rotatable bonds is 4. The minimum absolute atomic E-state index is 0.0248. The van der Waals surface area contributed by atoms with Crippen LogP contribution in [-0.2, 0) is 4.79 Å². The first-order valence-electron chi connectivity index (χ1n) is 9.49. The molecule has 6 heteroatoms.